The monoisotopic (exact) mass is 244 g/mol. The van der Waals surface area contributed by atoms with Gasteiger partial charge in [0.15, 0.2) is 0 Å². The largest absolute Gasteiger partial charge is 0.398 e. The third-order valence-corrected chi connectivity index (χ3v) is 3.05. The fourth-order valence-corrected chi connectivity index (χ4v) is 2.03. The first-order valence-electron chi connectivity index (χ1n) is 5.97. The molecule has 18 heavy (non-hydrogen) atoms. The Morgan fingerprint density at radius 2 is 2.39 bits per heavy atom. The molecule has 0 aliphatic carbocycles. The summed E-state index contributed by atoms with van der Waals surface area (Å²) in [5.74, 6) is 0.115. The zero-order valence-corrected chi connectivity index (χ0v) is 10.1. The predicted octanol–water partition coefficient (Wildman–Crippen LogP) is 1.03. The van der Waals surface area contributed by atoms with Crippen molar-refractivity contribution < 1.29 is 4.79 Å². The number of anilines is 2. The van der Waals surface area contributed by atoms with Crippen LogP contribution in [0.5, 0.6) is 0 Å². The van der Waals surface area contributed by atoms with Crippen molar-refractivity contribution in [3.63, 3.8) is 0 Å². The number of hydrogen-bond donors (Lipinski definition) is 3. The maximum atomic E-state index is 11.1. The summed E-state index contributed by atoms with van der Waals surface area (Å²) >= 11 is 0. The van der Waals surface area contributed by atoms with Crippen LogP contribution in [-0.2, 0) is 11.2 Å². The molecule has 2 rings (SSSR count). The lowest BCUT2D eigenvalue weighted by Gasteiger charge is -2.13. The molecule has 1 aromatic carbocycles. The number of benzene rings is 1. The van der Waals surface area contributed by atoms with Crippen LogP contribution in [0.1, 0.15) is 18.4 Å². The van der Waals surface area contributed by atoms with Crippen molar-refractivity contribution in [2.75, 3.05) is 17.6 Å². The number of amides is 1. The Labute approximate surface area is 106 Å². The molecule has 1 unspecified atom stereocenters. The van der Waals surface area contributed by atoms with Crippen molar-refractivity contribution in [2.24, 2.45) is 0 Å². The molecule has 1 amide bonds. The van der Waals surface area contributed by atoms with Crippen molar-refractivity contribution in [1.82, 2.24) is 5.32 Å². The molecular formula is C13H16N4O. The van der Waals surface area contributed by atoms with Gasteiger partial charge < -0.3 is 16.4 Å². The number of carbonyl (C=O) groups is 1. The van der Waals surface area contributed by atoms with E-state index >= 15 is 0 Å². The Balaban J connectivity index is 1.95. The highest BCUT2D eigenvalue weighted by atomic mass is 16.1. The summed E-state index contributed by atoms with van der Waals surface area (Å²) in [6.07, 6.45) is 1.78. The van der Waals surface area contributed by atoms with Gasteiger partial charge in [0.05, 0.1) is 12.5 Å². The first-order valence-corrected chi connectivity index (χ1v) is 5.97. The van der Waals surface area contributed by atoms with Gasteiger partial charge in [-0.25, -0.2) is 0 Å². The number of nitrogens with one attached hydrogen (secondary N) is 2. The number of nitriles is 1. The number of nitrogen functional groups attached to an aromatic ring is 1. The average molecular weight is 244 g/mol. The van der Waals surface area contributed by atoms with Gasteiger partial charge in [0.2, 0.25) is 5.91 Å². The first-order chi connectivity index (χ1) is 8.69. The quantitative estimate of drug-likeness (QED) is 0.690. The SMILES string of the molecule is N#CCc1cc(NCC2CCC(=O)N2)ccc1N. The summed E-state index contributed by atoms with van der Waals surface area (Å²) in [4.78, 5) is 11.1. The van der Waals surface area contributed by atoms with E-state index in [4.69, 9.17) is 11.0 Å². The minimum absolute atomic E-state index is 0.115. The summed E-state index contributed by atoms with van der Waals surface area (Å²) in [7, 11) is 0. The molecule has 1 atom stereocenters. The number of rotatable bonds is 4. The lowest BCUT2D eigenvalue weighted by atomic mass is 10.1. The number of carbonyl (C=O) groups excluding carboxylic acids is 1. The number of nitrogens with two attached hydrogens (primary N) is 1. The molecule has 1 fully saturated rings. The van der Waals surface area contributed by atoms with Crippen LogP contribution in [0, 0.1) is 11.3 Å². The maximum absolute atomic E-state index is 11.1. The van der Waals surface area contributed by atoms with Crippen LogP contribution in [0.4, 0.5) is 11.4 Å². The minimum atomic E-state index is 0.115. The molecule has 5 nitrogen and oxygen atoms in total. The van der Waals surface area contributed by atoms with E-state index in [0.717, 1.165) is 17.7 Å². The Kier molecular flexibility index (Phi) is 3.68. The summed E-state index contributed by atoms with van der Waals surface area (Å²) in [6, 6.07) is 7.84. The van der Waals surface area contributed by atoms with Gasteiger partial charge in [0, 0.05) is 30.4 Å². The number of hydrogen-bond acceptors (Lipinski definition) is 4. The van der Waals surface area contributed by atoms with Crippen molar-refractivity contribution >= 4 is 17.3 Å². The molecule has 1 aliphatic heterocycles. The topological polar surface area (TPSA) is 90.9 Å². The Hall–Kier alpha value is -2.22. The third-order valence-electron chi connectivity index (χ3n) is 3.05. The summed E-state index contributed by atoms with van der Waals surface area (Å²) < 4.78 is 0. The van der Waals surface area contributed by atoms with E-state index in [1.165, 1.54) is 0 Å². The summed E-state index contributed by atoms with van der Waals surface area (Å²) in [5.41, 5.74) is 8.17. The van der Waals surface area contributed by atoms with Crippen LogP contribution in [0.3, 0.4) is 0 Å². The number of nitrogens with zero attached hydrogens (tertiary/aromatic N) is 1. The Bertz CT molecular complexity index is 492. The summed E-state index contributed by atoms with van der Waals surface area (Å²) in [5, 5.41) is 14.8. The molecule has 5 heteroatoms. The van der Waals surface area contributed by atoms with E-state index in [1.807, 2.05) is 12.1 Å². The van der Waals surface area contributed by atoms with Gasteiger partial charge in [0.25, 0.3) is 0 Å². The Morgan fingerprint density at radius 3 is 3.06 bits per heavy atom. The molecule has 0 saturated carbocycles. The van der Waals surface area contributed by atoms with Crippen LogP contribution in [0.25, 0.3) is 0 Å². The van der Waals surface area contributed by atoms with Gasteiger partial charge in [0.1, 0.15) is 0 Å². The second-order valence-electron chi connectivity index (χ2n) is 4.43. The van der Waals surface area contributed by atoms with E-state index in [1.54, 1.807) is 6.07 Å². The van der Waals surface area contributed by atoms with Gasteiger partial charge in [-0.1, -0.05) is 0 Å². The van der Waals surface area contributed by atoms with Crippen LogP contribution >= 0.6 is 0 Å². The second-order valence-corrected chi connectivity index (χ2v) is 4.43. The molecule has 0 spiro atoms. The van der Waals surface area contributed by atoms with Gasteiger partial charge in [-0.2, -0.15) is 5.26 Å². The lowest BCUT2D eigenvalue weighted by molar-refractivity contribution is -0.119. The smallest absolute Gasteiger partial charge is 0.220 e. The van der Waals surface area contributed by atoms with E-state index in [-0.39, 0.29) is 11.9 Å². The van der Waals surface area contributed by atoms with Crippen LogP contribution in [0.15, 0.2) is 18.2 Å². The van der Waals surface area contributed by atoms with Gasteiger partial charge in [-0.05, 0) is 30.2 Å². The molecule has 0 radical (unpaired) electrons. The van der Waals surface area contributed by atoms with E-state index in [9.17, 15) is 4.79 Å². The van der Waals surface area contributed by atoms with Crippen molar-refractivity contribution in [3.05, 3.63) is 23.8 Å². The normalized spacial score (nSPS) is 18.2. The molecule has 4 N–H and O–H groups in total. The predicted molar refractivity (Wildman–Crippen MR) is 69.8 cm³/mol. The molecule has 0 bridgehead atoms. The maximum Gasteiger partial charge on any atom is 0.220 e. The van der Waals surface area contributed by atoms with Gasteiger partial charge in [-0.3, -0.25) is 4.79 Å². The summed E-state index contributed by atoms with van der Waals surface area (Å²) in [6.45, 7) is 0.696. The minimum Gasteiger partial charge on any atom is -0.398 e. The zero-order chi connectivity index (χ0) is 13.0. The average Bonchev–Trinajstić information content (AvgIpc) is 2.76. The lowest BCUT2D eigenvalue weighted by Crippen LogP contribution is -2.31. The van der Waals surface area contributed by atoms with Crippen LogP contribution < -0.4 is 16.4 Å². The Morgan fingerprint density at radius 1 is 1.56 bits per heavy atom. The first kappa shape index (κ1) is 12.2. The highest BCUT2D eigenvalue weighted by Gasteiger charge is 2.19. The van der Waals surface area contributed by atoms with E-state index in [0.29, 0.717) is 25.1 Å². The standard InChI is InChI=1S/C13H16N4O/c14-6-5-9-7-10(1-3-12(9)15)16-8-11-2-4-13(18)17-11/h1,3,7,11,16H,2,4-5,8,15H2,(H,17,18). The highest BCUT2D eigenvalue weighted by molar-refractivity contribution is 5.78. The van der Waals surface area contributed by atoms with Crippen molar-refractivity contribution in [3.8, 4) is 6.07 Å². The van der Waals surface area contributed by atoms with E-state index < -0.39 is 0 Å². The molecule has 1 saturated heterocycles. The van der Waals surface area contributed by atoms with Crippen LogP contribution in [0.2, 0.25) is 0 Å². The molecule has 0 aromatic heterocycles. The van der Waals surface area contributed by atoms with E-state index in [2.05, 4.69) is 16.7 Å². The van der Waals surface area contributed by atoms with Crippen molar-refractivity contribution in [1.29, 1.82) is 5.26 Å². The fourth-order valence-electron chi connectivity index (χ4n) is 2.03. The van der Waals surface area contributed by atoms with Crippen molar-refractivity contribution in [2.45, 2.75) is 25.3 Å². The van der Waals surface area contributed by atoms with Gasteiger partial charge in [-0.15, -0.1) is 0 Å². The fraction of sp³-hybridized carbons (Fsp3) is 0.385. The molecule has 1 heterocycles. The second kappa shape index (κ2) is 5.41. The molecule has 94 valence electrons. The third kappa shape index (κ3) is 2.92. The van der Waals surface area contributed by atoms with Gasteiger partial charge >= 0.3 is 0 Å². The molecule has 1 aliphatic rings. The molecule has 1 aromatic rings. The zero-order valence-electron chi connectivity index (χ0n) is 10.1. The highest BCUT2D eigenvalue weighted by Crippen LogP contribution is 2.18. The van der Waals surface area contributed by atoms with Crippen LogP contribution in [-0.4, -0.2) is 18.5 Å². The molecular weight excluding hydrogens is 228 g/mol.